The maximum Gasteiger partial charge on any atom is 0.435 e. The van der Waals surface area contributed by atoms with Gasteiger partial charge >= 0.3 is 12.1 Å². The molecular weight excluding hydrogens is 461 g/mol. The van der Waals surface area contributed by atoms with Crippen molar-refractivity contribution in [3.8, 4) is 0 Å². The third-order valence-electron chi connectivity index (χ3n) is 4.60. The van der Waals surface area contributed by atoms with Gasteiger partial charge in [0.1, 0.15) is 0 Å². The van der Waals surface area contributed by atoms with Crippen LogP contribution in [0.4, 0.5) is 17.6 Å². The average molecular weight is 480 g/mol. The number of halogens is 6. The second-order valence-corrected chi connectivity index (χ2v) is 7.22. The van der Waals surface area contributed by atoms with E-state index in [4.69, 9.17) is 28.0 Å². The molecule has 4 nitrogen and oxygen atoms in total. The number of methoxy groups -OCH3 is 1. The highest BCUT2D eigenvalue weighted by Gasteiger charge is 2.62. The molecule has 1 heterocycles. The molecule has 2 aromatic carbocycles. The molecule has 0 aliphatic carbocycles. The highest BCUT2D eigenvalue weighted by atomic mass is 35.5. The van der Waals surface area contributed by atoms with Crippen LogP contribution in [0.3, 0.4) is 0 Å². The first-order valence-corrected chi connectivity index (χ1v) is 9.92. The van der Waals surface area contributed by atoms with Crippen molar-refractivity contribution in [1.29, 1.82) is 0 Å². The van der Waals surface area contributed by atoms with Gasteiger partial charge in [0.25, 0.3) is 5.60 Å². The number of ether oxygens (including phenoxy) is 1. The van der Waals surface area contributed by atoms with Crippen LogP contribution >= 0.6 is 23.2 Å². The maximum absolute atomic E-state index is 14.0. The van der Waals surface area contributed by atoms with Gasteiger partial charge in [-0.15, -0.1) is 0 Å². The number of hydrogen-bond donors (Lipinski definition) is 0. The van der Waals surface area contributed by atoms with E-state index in [0.29, 0.717) is 11.1 Å². The zero-order valence-corrected chi connectivity index (χ0v) is 18.5. The van der Waals surface area contributed by atoms with Crippen LogP contribution in [0.2, 0.25) is 10.0 Å². The molecule has 0 bridgehead atoms. The molecule has 2 aromatic rings. The Hall–Kier alpha value is -2.32. The highest BCUT2D eigenvalue weighted by molar-refractivity contribution is 6.35. The zero-order chi connectivity index (χ0) is 23.6. The summed E-state index contributed by atoms with van der Waals surface area (Å²) < 4.78 is 60.4. The van der Waals surface area contributed by atoms with Gasteiger partial charge in [0.05, 0.1) is 28.4 Å². The molecule has 1 aliphatic heterocycles. The number of aryl methyl sites for hydroxylation is 1. The summed E-state index contributed by atoms with van der Waals surface area (Å²) in [4.78, 5) is 16.6. The van der Waals surface area contributed by atoms with E-state index in [2.05, 4.69) is 9.89 Å². The highest BCUT2D eigenvalue weighted by Crippen LogP contribution is 2.50. The molecule has 10 heteroatoms. The van der Waals surface area contributed by atoms with Gasteiger partial charge < -0.3 is 9.57 Å². The molecule has 1 atom stereocenters. The lowest BCUT2D eigenvalue weighted by molar-refractivity contribution is -0.275. The molecule has 0 spiro atoms. The van der Waals surface area contributed by atoms with Crippen molar-refractivity contribution in [1.82, 2.24) is 0 Å². The van der Waals surface area contributed by atoms with Crippen LogP contribution < -0.4 is 0 Å². The van der Waals surface area contributed by atoms with E-state index >= 15 is 0 Å². The maximum atomic E-state index is 14.0. The summed E-state index contributed by atoms with van der Waals surface area (Å²) in [6.07, 6.45) is -5.59. The molecule has 168 valence electrons. The number of carbonyl (C=O) groups excluding carboxylic acids is 1. The molecule has 0 saturated carbocycles. The van der Waals surface area contributed by atoms with Gasteiger partial charge in [-0.25, -0.2) is 9.18 Å². The van der Waals surface area contributed by atoms with E-state index in [9.17, 15) is 22.4 Å². The number of oxime groups is 1. The largest absolute Gasteiger partial charge is 0.465 e. The average Bonchev–Trinajstić information content (AvgIpc) is 3.19. The predicted molar refractivity (Wildman–Crippen MR) is 110 cm³/mol. The first kappa shape index (κ1) is 24.9. The molecule has 0 fully saturated rings. The van der Waals surface area contributed by atoms with Crippen molar-refractivity contribution in [3.63, 3.8) is 0 Å². The van der Waals surface area contributed by atoms with Crippen LogP contribution in [0.1, 0.15) is 47.3 Å². The Labute approximate surface area is 186 Å². The monoisotopic (exact) mass is 479 g/mol. The topological polar surface area (TPSA) is 47.9 Å². The van der Waals surface area contributed by atoms with Crippen molar-refractivity contribution < 1.29 is 31.9 Å². The summed E-state index contributed by atoms with van der Waals surface area (Å²) in [7, 11) is 1.22. The zero-order valence-electron chi connectivity index (χ0n) is 17.0. The van der Waals surface area contributed by atoms with Crippen molar-refractivity contribution >= 4 is 34.9 Å². The van der Waals surface area contributed by atoms with E-state index in [1.54, 1.807) is 6.92 Å². The molecule has 0 radical (unpaired) electrons. The molecule has 3 rings (SSSR count). The minimum absolute atomic E-state index is 0.00147. The van der Waals surface area contributed by atoms with Gasteiger partial charge in [-0.3, -0.25) is 0 Å². The lowest BCUT2D eigenvalue weighted by Crippen LogP contribution is -2.42. The summed E-state index contributed by atoms with van der Waals surface area (Å²) in [6, 6.07) is 6.02. The van der Waals surface area contributed by atoms with Crippen molar-refractivity contribution in [2.45, 2.75) is 39.0 Å². The van der Waals surface area contributed by atoms with Crippen molar-refractivity contribution in [2.24, 2.45) is 5.16 Å². The normalized spacial score (nSPS) is 17.9. The van der Waals surface area contributed by atoms with Gasteiger partial charge in [-0.05, 0) is 42.3 Å². The summed E-state index contributed by atoms with van der Waals surface area (Å²) in [5, 5.41) is 2.49. The fourth-order valence-electron chi connectivity index (χ4n) is 3.03. The van der Waals surface area contributed by atoms with Crippen LogP contribution in [0.15, 0.2) is 35.5 Å². The lowest BCUT2D eigenvalue weighted by Gasteiger charge is -2.29. The third kappa shape index (κ3) is 4.65. The Morgan fingerprint density at radius 2 is 1.74 bits per heavy atom. The number of esters is 1. The molecule has 31 heavy (non-hydrogen) atoms. The summed E-state index contributed by atoms with van der Waals surface area (Å²) in [5.41, 5.74) is -2.25. The van der Waals surface area contributed by atoms with Gasteiger partial charge in [-0.2, -0.15) is 13.2 Å². The van der Waals surface area contributed by atoms with E-state index in [1.807, 2.05) is 13.8 Å². The molecular formula is C21H19Cl2F4NO3. The van der Waals surface area contributed by atoms with Gasteiger partial charge in [-0.1, -0.05) is 48.3 Å². The van der Waals surface area contributed by atoms with E-state index in [1.165, 1.54) is 25.3 Å². The third-order valence-corrected chi connectivity index (χ3v) is 5.15. The second-order valence-electron chi connectivity index (χ2n) is 6.41. The first-order valence-electron chi connectivity index (χ1n) is 9.16. The molecule has 1 aliphatic rings. The molecule has 0 saturated heterocycles. The minimum atomic E-state index is -4.90. The van der Waals surface area contributed by atoms with Crippen LogP contribution in [0.25, 0.3) is 0 Å². The van der Waals surface area contributed by atoms with Crippen molar-refractivity contribution in [3.05, 3.63) is 68.4 Å². The lowest BCUT2D eigenvalue weighted by atomic mass is 9.86. The number of alkyl halides is 3. The van der Waals surface area contributed by atoms with Gasteiger partial charge in [0, 0.05) is 12.0 Å². The number of nitrogens with zero attached hydrogens (tertiary/aromatic N) is 1. The standard InChI is InChI=1S/C19H13Cl2F4NO3.C2H6/c1-9-5-10(3-4-12(9)17(27)28-2)15-8-18(29-26-15,19(23,24)25)11-6-13(20)16(22)14(21)7-11;1-2/h3-7H,8H2,1-2H3;1-2H3. The fraction of sp³-hybridized carbons (Fsp3) is 0.333. The number of carbonyl (C=O) groups is 1. The predicted octanol–water partition coefficient (Wildman–Crippen LogP) is 6.84. The smallest absolute Gasteiger partial charge is 0.435 e. The summed E-state index contributed by atoms with van der Waals surface area (Å²) in [5.74, 6) is -1.60. The molecule has 1 unspecified atom stereocenters. The number of benzene rings is 2. The number of hydrogen-bond acceptors (Lipinski definition) is 4. The molecule has 0 aromatic heterocycles. The Balaban J connectivity index is 0.00000166. The van der Waals surface area contributed by atoms with E-state index in [-0.39, 0.29) is 11.3 Å². The second kappa shape index (κ2) is 9.44. The number of rotatable bonds is 3. The Bertz CT molecular complexity index is 1000. The van der Waals surface area contributed by atoms with Crippen LogP contribution in [0.5, 0.6) is 0 Å². The van der Waals surface area contributed by atoms with Crippen LogP contribution in [-0.2, 0) is 15.2 Å². The van der Waals surface area contributed by atoms with Gasteiger partial charge in [0.15, 0.2) is 5.82 Å². The van der Waals surface area contributed by atoms with Gasteiger partial charge in [0.2, 0.25) is 0 Å². The van der Waals surface area contributed by atoms with Crippen molar-refractivity contribution in [2.75, 3.05) is 7.11 Å². The first-order chi connectivity index (χ1) is 14.5. The fourth-order valence-corrected chi connectivity index (χ4v) is 3.52. The van der Waals surface area contributed by atoms with Crippen LogP contribution in [-0.4, -0.2) is 25.0 Å². The Morgan fingerprint density at radius 1 is 1.16 bits per heavy atom. The summed E-state index contributed by atoms with van der Waals surface area (Å²) >= 11 is 11.4. The van der Waals surface area contributed by atoms with E-state index in [0.717, 1.165) is 12.1 Å². The quantitative estimate of drug-likeness (QED) is 0.275. The molecule has 0 amide bonds. The minimum Gasteiger partial charge on any atom is -0.465 e. The van der Waals surface area contributed by atoms with E-state index < -0.39 is 45.6 Å². The Morgan fingerprint density at radius 3 is 2.23 bits per heavy atom. The van der Waals surface area contributed by atoms with Crippen LogP contribution in [0, 0.1) is 12.7 Å². The summed E-state index contributed by atoms with van der Waals surface area (Å²) in [6.45, 7) is 5.61. The Kier molecular flexibility index (Phi) is 7.60. The molecule has 0 N–H and O–H groups in total. The SMILES string of the molecule is CC.COC(=O)c1ccc(C2=NOC(c3cc(Cl)c(F)c(Cl)c3)(C(F)(F)F)C2)cc1C.